The van der Waals surface area contributed by atoms with E-state index in [9.17, 15) is 4.79 Å². The van der Waals surface area contributed by atoms with E-state index in [0.717, 1.165) is 16.5 Å². The second-order valence-corrected chi connectivity index (χ2v) is 5.96. The molecule has 19 heavy (non-hydrogen) atoms. The largest absolute Gasteiger partial charge is 0.294 e. The summed E-state index contributed by atoms with van der Waals surface area (Å²) in [5, 5.41) is 0. The van der Waals surface area contributed by atoms with Gasteiger partial charge in [-0.2, -0.15) is 0 Å². The van der Waals surface area contributed by atoms with E-state index in [-0.39, 0.29) is 5.78 Å². The van der Waals surface area contributed by atoms with Crippen LogP contribution in [0.2, 0.25) is 0 Å². The van der Waals surface area contributed by atoms with Crippen molar-refractivity contribution in [2.24, 2.45) is 0 Å². The first-order valence-corrected chi connectivity index (χ1v) is 8.30. The van der Waals surface area contributed by atoms with Gasteiger partial charge in [0.25, 0.3) is 0 Å². The summed E-state index contributed by atoms with van der Waals surface area (Å²) < 4.78 is 0.947. The third kappa shape index (κ3) is 5.90. The minimum Gasteiger partial charge on any atom is -0.294 e. The Hall–Kier alpha value is -0.630. The van der Waals surface area contributed by atoms with Gasteiger partial charge in [0.1, 0.15) is 0 Å². The van der Waals surface area contributed by atoms with Gasteiger partial charge in [-0.15, -0.1) is 0 Å². The average Bonchev–Trinajstić information content (AvgIpc) is 2.42. The van der Waals surface area contributed by atoms with Gasteiger partial charge in [0.2, 0.25) is 0 Å². The fourth-order valence-electron chi connectivity index (χ4n) is 2.24. The van der Waals surface area contributed by atoms with Crippen molar-refractivity contribution in [2.75, 3.05) is 0 Å². The van der Waals surface area contributed by atoms with Crippen molar-refractivity contribution in [1.82, 2.24) is 0 Å². The molecule has 0 aromatic heterocycles. The molecule has 1 rings (SSSR count). The summed E-state index contributed by atoms with van der Waals surface area (Å²) in [5.74, 6) is 0.206. The Kier molecular flexibility index (Phi) is 8.04. The van der Waals surface area contributed by atoms with Crippen molar-refractivity contribution in [3.63, 3.8) is 0 Å². The Labute approximate surface area is 125 Å². The van der Waals surface area contributed by atoms with Crippen LogP contribution in [0.25, 0.3) is 0 Å². The quantitative estimate of drug-likeness (QED) is 0.405. The van der Waals surface area contributed by atoms with Crippen LogP contribution in [0, 0.1) is 0 Å². The van der Waals surface area contributed by atoms with Gasteiger partial charge in [-0.1, -0.05) is 67.9 Å². The third-order valence-electron chi connectivity index (χ3n) is 3.47. The Morgan fingerprint density at radius 2 is 1.74 bits per heavy atom. The first kappa shape index (κ1) is 16.4. The first-order chi connectivity index (χ1) is 9.19. The molecule has 0 bridgehead atoms. The average molecular weight is 325 g/mol. The van der Waals surface area contributed by atoms with Crippen LogP contribution >= 0.6 is 15.9 Å². The molecule has 1 aromatic rings. The molecule has 0 unspecified atom stereocenters. The van der Waals surface area contributed by atoms with E-state index in [1.807, 2.05) is 13.0 Å². The molecule has 0 fully saturated rings. The second-order valence-electron chi connectivity index (χ2n) is 5.11. The summed E-state index contributed by atoms with van der Waals surface area (Å²) in [6, 6.07) is 6.16. The lowest BCUT2D eigenvalue weighted by molar-refractivity contribution is 0.0987. The summed E-state index contributed by atoms with van der Waals surface area (Å²) in [4.78, 5) is 11.7. The second kappa shape index (κ2) is 9.30. The normalized spacial score (nSPS) is 10.7. The van der Waals surface area contributed by atoms with Gasteiger partial charge < -0.3 is 0 Å². The highest BCUT2D eigenvalue weighted by Gasteiger charge is 2.08. The molecule has 0 aliphatic rings. The lowest BCUT2D eigenvalue weighted by atomic mass is 10.0. The van der Waals surface area contributed by atoms with Gasteiger partial charge in [-0.05, 0) is 30.5 Å². The Morgan fingerprint density at radius 3 is 2.37 bits per heavy atom. The molecule has 1 aromatic carbocycles. The van der Waals surface area contributed by atoms with E-state index in [4.69, 9.17) is 0 Å². The number of ketones is 1. The van der Waals surface area contributed by atoms with Crippen LogP contribution in [0.4, 0.5) is 0 Å². The molecular formula is C17H25BrO. The minimum atomic E-state index is 0.206. The van der Waals surface area contributed by atoms with Crippen molar-refractivity contribution < 1.29 is 4.79 Å². The van der Waals surface area contributed by atoms with Crippen LogP contribution in [0.5, 0.6) is 0 Å². The Balaban J connectivity index is 2.39. The van der Waals surface area contributed by atoms with Crippen molar-refractivity contribution in [1.29, 1.82) is 0 Å². The molecule has 106 valence electrons. The van der Waals surface area contributed by atoms with Gasteiger partial charge in [0.15, 0.2) is 5.78 Å². The zero-order chi connectivity index (χ0) is 14.1. The molecule has 0 atom stereocenters. The molecule has 0 saturated carbocycles. The summed E-state index contributed by atoms with van der Waals surface area (Å²) in [6.45, 7) is 4.15. The topological polar surface area (TPSA) is 17.1 Å². The van der Waals surface area contributed by atoms with Crippen LogP contribution in [-0.2, 0) is 6.42 Å². The predicted octanol–water partition coefficient (Wildman–Crippen LogP) is 5.94. The van der Waals surface area contributed by atoms with Crippen molar-refractivity contribution >= 4 is 21.7 Å². The van der Waals surface area contributed by atoms with Crippen molar-refractivity contribution in [3.05, 3.63) is 33.8 Å². The number of Topliss-reactive ketones (excluding diaryl/α,β-unsaturated/α-hetero) is 1. The maximum absolute atomic E-state index is 11.7. The first-order valence-electron chi connectivity index (χ1n) is 7.50. The molecule has 0 N–H and O–H groups in total. The van der Waals surface area contributed by atoms with Gasteiger partial charge in [-0.3, -0.25) is 4.79 Å². The maximum atomic E-state index is 11.7. The summed E-state index contributed by atoms with van der Waals surface area (Å²) in [5.41, 5.74) is 2.14. The zero-order valence-electron chi connectivity index (χ0n) is 12.2. The number of aryl methyl sites for hydroxylation is 1. The molecule has 0 amide bonds. The van der Waals surface area contributed by atoms with E-state index in [2.05, 4.69) is 35.0 Å². The van der Waals surface area contributed by atoms with Gasteiger partial charge >= 0.3 is 0 Å². The van der Waals surface area contributed by atoms with Gasteiger partial charge in [-0.25, -0.2) is 0 Å². The van der Waals surface area contributed by atoms with Crippen LogP contribution in [0.1, 0.15) is 74.7 Å². The number of rotatable bonds is 9. The maximum Gasteiger partial charge on any atom is 0.163 e. The smallest absolute Gasteiger partial charge is 0.163 e. The summed E-state index contributed by atoms with van der Waals surface area (Å²) in [6.07, 6.45) is 9.62. The Morgan fingerprint density at radius 1 is 1.05 bits per heavy atom. The summed E-state index contributed by atoms with van der Waals surface area (Å²) >= 11 is 3.51. The highest BCUT2D eigenvalue weighted by Crippen LogP contribution is 2.21. The highest BCUT2D eigenvalue weighted by atomic mass is 79.9. The highest BCUT2D eigenvalue weighted by molar-refractivity contribution is 9.10. The molecule has 0 heterocycles. The molecule has 0 aliphatic carbocycles. The molecule has 0 spiro atoms. The van der Waals surface area contributed by atoms with Gasteiger partial charge in [0, 0.05) is 16.5 Å². The fraction of sp³-hybridized carbons (Fsp3) is 0.588. The number of unbranched alkanes of at least 4 members (excludes halogenated alkanes) is 5. The molecule has 1 nitrogen and oxygen atoms in total. The lowest BCUT2D eigenvalue weighted by Crippen LogP contribution is -1.98. The predicted molar refractivity (Wildman–Crippen MR) is 85.8 cm³/mol. The minimum absolute atomic E-state index is 0.206. The number of carbonyl (C=O) groups excluding carboxylic acids is 1. The van der Waals surface area contributed by atoms with Crippen molar-refractivity contribution in [3.8, 4) is 0 Å². The summed E-state index contributed by atoms with van der Waals surface area (Å²) in [7, 11) is 0. The SMILES string of the molecule is CCCCCCCCc1ccc(C(=O)CC)c(Br)c1. The number of hydrogen-bond donors (Lipinski definition) is 0. The van der Waals surface area contributed by atoms with Gasteiger partial charge in [0.05, 0.1) is 0 Å². The van der Waals surface area contributed by atoms with Crippen LogP contribution in [-0.4, -0.2) is 5.78 Å². The van der Waals surface area contributed by atoms with E-state index in [1.165, 1.54) is 44.1 Å². The number of carbonyl (C=O) groups is 1. The zero-order valence-corrected chi connectivity index (χ0v) is 13.8. The standard InChI is InChI=1S/C17H25BrO/c1-3-5-6-7-8-9-10-14-11-12-15(16(18)13-14)17(19)4-2/h11-13H,3-10H2,1-2H3. The molecular weight excluding hydrogens is 300 g/mol. The van der Waals surface area contributed by atoms with Crippen LogP contribution in [0.3, 0.4) is 0 Å². The number of hydrogen-bond acceptors (Lipinski definition) is 1. The van der Waals surface area contributed by atoms with Crippen LogP contribution in [0.15, 0.2) is 22.7 Å². The van der Waals surface area contributed by atoms with Crippen molar-refractivity contribution in [2.45, 2.75) is 65.2 Å². The number of benzene rings is 1. The number of halogens is 1. The Bertz CT molecular complexity index is 398. The molecule has 2 heteroatoms. The molecule has 0 radical (unpaired) electrons. The third-order valence-corrected chi connectivity index (χ3v) is 4.13. The molecule has 0 saturated heterocycles. The fourth-order valence-corrected chi connectivity index (χ4v) is 2.89. The van der Waals surface area contributed by atoms with E-state index in [1.54, 1.807) is 0 Å². The lowest BCUT2D eigenvalue weighted by Gasteiger charge is -2.06. The van der Waals surface area contributed by atoms with E-state index < -0.39 is 0 Å². The van der Waals surface area contributed by atoms with E-state index >= 15 is 0 Å². The van der Waals surface area contributed by atoms with Crippen LogP contribution < -0.4 is 0 Å². The molecule has 0 aliphatic heterocycles. The monoisotopic (exact) mass is 324 g/mol. The van der Waals surface area contributed by atoms with E-state index in [0.29, 0.717) is 6.42 Å².